The van der Waals surface area contributed by atoms with Crippen LogP contribution in [0.2, 0.25) is 0 Å². The van der Waals surface area contributed by atoms with E-state index in [2.05, 4.69) is 27.8 Å². The van der Waals surface area contributed by atoms with Gasteiger partial charge in [-0.3, -0.25) is 4.79 Å². The van der Waals surface area contributed by atoms with Gasteiger partial charge in [-0.2, -0.15) is 0 Å². The molecule has 0 radical (unpaired) electrons. The number of nitrogens with one attached hydrogen (secondary N) is 1. The van der Waals surface area contributed by atoms with Crippen molar-refractivity contribution in [3.05, 3.63) is 46.1 Å². The summed E-state index contributed by atoms with van der Waals surface area (Å²) in [5, 5.41) is 3.72. The molecular weight excluding hydrogens is 294 g/mol. The molecule has 0 saturated carbocycles. The van der Waals surface area contributed by atoms with Gasteiger partial charge in [-0.25, -0.2) is 0 Å². The van der Waals surface area contributed by atoms with Gasteiger partial charge >= 0.3 is 0 Å². The van der Waals surface area contributed by atoms with Crippen molar-refractivity contribution in [2.75, 3.05) is 6.54 Å². The van der Waals surface area contributed by atoms with E-state index in [0.29, 0.717) is 12.3 Å². The van der Waals surface area contributed by atoms with Crippen molar-refractivity contribution in [2.45, 2.75) is 13.8 Å². The van der Waals surface area contributed by atoms with Crippen LogP contribution in [0.25, 0.3) is 11.0 Å². The number of rotatable bonds is 3. The smallest absolute Gasteiger partial charge is 0.287 e. The fraction of sp³-hybridized carbons (Fsp3) is 0.214. The summed E-state index contributed by atoms with van der Waals surface area (Å²) in [5.74, 6) is 0.159. The Kier molecular flexibility index (Phi) is 3.57. The lowest BCUT2D eigenvalue weighted by atomic mass is 10.1. The highest BCUT2D eigenvalue weighted by atomic mass is 79.9. The van der Waals surface area contributed by atoms with Crippen LogP contribution in [0.5, 0.6) is 0 Å². The minimum atomic E-state index is -0.206. The minimum Gasteiger partial charge on any atom is -0.451 e. The fourth-order valence-corrected chi connectivity index (χ4v) is 2.08. The van der Waals surface area contributed by atoms with E-state index in [1.807, 2.05) is 32.0 Å². The average molecular weight is 308 g/mol. The number of carbonyl (C=O) groups is 1. The van der Waals surface area contributed by atoms with Gasteiger partial charge in [0.05, 0.1) is 0 Å². The molecule has 0 saturated heterocycles. The summed E-state index contributed by atoms with van der Waals surface area (Å²) in [5.41, 5.74) is 2.47. The molecule has 4 heteroatoms. The lowest BCUT2D eigenvalue weighted by Gasteiger charge is -2.02. The second-order valence-electron chi connectivity index (χ2n) is 4.34. The van der Waals surface area contributed by atoms with Crippen molar-refractivity contribution in [1.82, 2.24) is 5.32 Å². The van der Waals surface area contributed by atoms with Gasteiger partial charge in [-0.1, -0.05) is 28.1 Å². The van der Waals surface area contributed by atoms with Crippen molar-refractivity contribution < 1.29 is 9.21 Å². The third-order valence-corrected chi connectivity index (χ3v) is 3.15. The number of amides is 1. The van der Waals surface area contributed by atoms with E-state index in [-0.39, 0.29) is 5.91 Å². The Balaban J connectivity index is 2.36. The molecule has 1 heterocycles. The second-order valence-corrected chi connectivity index (χ2v) is 5.25. The summed E-state index contributed by atoms with van der Waals surface area (Å²) < 4.78 is 6.55. The van der Waals surface area contributed by atoms with Crippen LogP contribution in [0, 0.1) is 6.92 Å². The predicted octanol–water partition coefficient (Wildman–Crippen LogP) is 3.81. The molecule has 2 aromatic rings. The molecule has 1 aromatic heterocycles. The van der Waals surface area contributed by atoms with Crippen molar-refractivity contribution in [2.24, 2.45) is 0 Å². The summed E-state index contributed by atoms with van der Waals surface area (Å²) in [7, 11) is 0. The van der Waals surface area contributed by atoms with Crippen LogP contribution < -0.4 is 5.32 Å². The molecule has 0 aliphatic carbocycles. The van der Waals surface area contributed by atoms with Gasteiger partial charge < -0.3 is 9.73 Å². The third-order valence-electron chi connectivity index (χ3n) is 2.66. The van der Waals surface area contributed by atoms with E-state index in [0.717, 1.165) is 26.6 Å². The maximum Gasteiger partial charge on any atom is 0.287 e. The van der Waals surface area contributed by atoms with E-state index in [4.69, 9.17) is 4.42 Å². The first-order valence-electron chi connectivity index (χ1n) is 5.60. The zero-order valence-electron chi connectivity index (χ0n) is 10.3. The molecule has 1 N–H and O–H groups in total. The van der Waals surface area contributed by atoms with Crippen LogP contribution in [-0.4, -0.2) is 12.5 Å². The van der Waals surface area contributed by atoms with Crippen LogP contribution in [0.3, 0.4) is 0 Å². The first-order valence-corrected chi connectivity index (χ1v) is 6.39. The summed E-state index contributed by atoms with van der Waals surface area (Å²) in [6, 6.07) is 5.69. The van der Waals surface area contributed by atoms with E-state index >= 15 is 0 Å². The standard InChI is InChI=1S/C14H14BrNO2/c1-8(2)7-16-14(17)13-9(3)11-6-10(15)4-5-12(11)18-13/h4-6H,1,7H2,2-3H3,(H,16,17). The third kappa shape index (κ3) is 2.48. The highest BCUT2D eigenvalue weighted by molar-refractivity contribution is 9.10. The Labute approximate surface area is 114 Å². The Morgan fingerprint density at radius 1 is 1.50 bits per heavy atom. The summed E-state index contributed by atoms with van der Waals surface area (Å²) >= 11 is 3.41. The zero-order chi connectivity index (χ0) is 13.3. The number of benzene rings is 1. The van der Waals surface area contributed by atoms with Crippen molar-refractivity contribution >= 4 is 32.8 Å². The minimum absolute atomic E-state index is 0.206. The van der Waals surface area contributed by atoms with Crippen LogP contribution in [0.15, 0.2) is 39.2 Å². The number of carbonyl (C=O) groups excluding carboxylic acids is 1. The second kappa shape index (κ2) is 4.98. The van der Waals surface area contributed by atoms with Crippen LogP contribution >= 0.6 is 15.9 Å². The van der Waals surface area contributed by atoms with Gasteiger partial charge in [-0.15, -0.1) is 0 Å². The maximum absolute atomic E-state index is 12.0. The normalized spacial score (nSPS) is 10.6. The number of aryl methyl sites for hydroxylation is 1. The number of hydrogen-bond acceptors (Lipinski definition) is 2. The molecule has 2 rings (SSSR count). The Bertz CT molecular complexity index is 628. The molecule has 94 valence electrons. The first-order chi connectivity index (χ1) is 8.49. The quantitative estimate of drug-likeness (QED) is 0.876. The molecular formula is C14H14BrNO2. The highest BCUT2D eigenvalue weighted by Crippen LogP contribution is 2.27. The number of hydrogen-bond donors (Lipinski definition) is 1. The van der Waals surface area contributed by atoms with Gasteiger partial charge in [0, 0.05) is 22.0 Å². The van der Waals surface area contributed by atoms with Crippen LogP contribution in [-0.2, 0) is 0 Å². The van der Waals surface area contributed by atoms with Gasteiger partial charge in [-0.05, 0) is 32.0 Å². The molecule has 0 spiro atoms. The van der Waals surface area contributed by atoms with Gasteiger partial charge in [0.15, 0.2) is 5.76 Å². The summed E-state index contributed by atoms with van der Waals surface area (Å²) in [6.45, 7) is 7.95. The molecule has 0 bridgehead atoms. The molecule has 0 atom stereocenters. The Morgan fingerprint density at radius 2 is 2.22 bits per heavy atom. The largest absolute Gasteiger partial charge is 0.451 e. The number of halogens is 1. The monoisotopic (exact) mass is 307 g/mol. The molecule has 18 heavy (non-hydrogen) atoms. The molecule has 1 aromatic carbocycles. The van der Waals surface area contributed by atoms with Crippen LogP contribution in [0.1, 0.15) is 23.0 Å². The fourth-order valence-electron chi connectivity index (χ4n) is 1.72. The summed E-state index contributed by atoms with van der Waals surface area (Å²) in [6.07, 6.45) is 0. The Morgan fingerprint density at radius 3 is 2.89 bits per heavy atom. The molecule has 1 amide bonds. The molecule has 0 fully saturated rings. The van der Waals surface area contributed by atoms with Crippen LogP contribution in [0.4, 0.5) is 0 Å². The van der Waals surface area contributed by atoms with Crippen molar-refractivity contribution in [3.8, 4) is 0 Å². The first kappa shape index (κ1) is 12.9. The van der Waals surface area contributed by atoms with E-state index in [1.165, 1.54) is 0 Å². The van der Waals surface area contributed by atoms with Gasteiger partial charge in [0.1, 0.15) is 5.58 Å². The highest BCUT2D eigenvalue weighted by Gasteiger charge is 2.17. The van der Waals surface area contributed by atoms with E-state index in [1.54, 1.807) is 0 Å². The van der Waals surface area contributed by atoms with E-state index in [9.17, 15) is 4.79 Å². The number of fused-ring (bicyclic) bond motifs is 1. The van der Waals surface area contributed by atoms with Crippen molar-refractivity contribution in [3.63, 3.8) is 0 Å². The molecule has 3 nitrogen and oxygen atoms in total. The topological polar surface area (TPSA) is 42.2 Å². The zero-order valence-corrected chi connectivity index (χ0v) is 11.9. The Hall–Kier alpha value is -1.55. The van der Waals surface area contributed by atoms with Gasteiger partial charge in [0.25, 0.3) is 5.91 Å². The molecule has 0 unspecified atom stereocenters. The summed E-state index contributed by atoms with van der Waals surface area (Å²) in [4.78, 5) is 12.0. The maximum atomic E-state index is 12.0. The van der Waals surface area contributed by atoms with Gasteiger partial charge in [0.2, 0.25) is 0 Å². The average Bonchev–Trinajstić information content (AvgIpc) is 2.64. The lowest BCUT2D eigenvalue weighted by Crippen LogP contribution is -2.24. The molecule has 0 aliphatic rings. The number of furan rings is 1. The predicted molar refractivity (Wildman–Crippen MR) is 75.8 cm³/mol. The van der Waals surface area contributed by atoms with E-state index < -0.39 is 0 Å². The SMILES string of the molecule is C=C(C)CNC(=O)c1oc2ccc(Br)cc2c1C. The molecule has 0 aliphatic heterocycles. The lowest BCUT2D eigenvalue weighted by molar-refractivity contribution is 0.0930. The van der Waals surface area contributed by atoms with Crippen molar-refractivity contribution in [1.29, 1.82) is 0 Å².